The molecule has 2 rings (SSSR count). The minimum Gasteiger partial charge on any atom is -0.438 e. The maximum Gasteiger partial charge on any atom is 0.254 e. The van der Waals surface area contributed by atoms with Crippen LogP contribution < -0.4 is 16.2 Å². The first-order valence-corrected chi connectivity index (χ1v) is 5.43. The summed E-state index contributed by atoms with van der Waals surface area (Å²) in [7, 11) is 0. The van der Waals surface area contributed by atoms with Gasteiger partial charge in [0.05, 0.1) is 10.7 Å². The molecule has 1 heterocycles. The Balaban J connectivity index is 2.34. The molecule has 0 fully saturated rings. The van der Waals surface area contributed by atoms with E-state index in [0.717, 1.165) is 0 Å². The van der Waals surface area contributed by atoms with Crippen molar-refractivity contribution in [1.82, 2.24) is 4.98 Å². The lowest BCUT2D eigenvalue weighted by Crippen LogP contribution is -2.12. The number of nitrogens with zero attached hydrogens (tertiary/aromatic N) is 1. The number of carbonyl (C=O) groups is 1. The minimum atomic E-state index is -0.611. The number of anilines is 1. The van der Waals surface area contributed by atoms with Gasteiger partial charge in [-0.05, 0) is 24.3 Å². The Hall–Kier alpha value is -2.27. The summed E-state index contributed by atoms with van der Waals surface area (Å²) in [5.74, 6) is -0.0547. The molecular weight excluding hydrogens is 254 g/mol. The SMILES string of the molecule is NC(=O)c1cccnc1Oc1ccc(N)c(Cl)c1. The summed E-state index contributed by atoms with van der Waals surface area (Å²) in [5, 5.41) is 0.365. The Morgan fingerprint density at radius 2 is 2.11 bits per heavy atom. The van der Waals surface area contributed by atoms with Crippen molar-refractivity contribution in [2.45, 2.75) is 0 Å². The van der Waals surface area contributed by atoms with Gasteiger partial charge < -0.3 is 16.2 Å². The number of halogens is 1. The quantitative estimate of drug-likeness (QED) is 0.831. The molecule has 92 valence electrons. The van der Waals surface area contributed by atoms with Crippen LogP contribution in [0.25, 0.3) is 0 Å². The molecule has 0 aliphatic heterocycles. The van der Waals surface area contributed by atoms with Crippen LogP contribution in [0.2, 0.25) is 5.02 Å². The number of aromatic nitrogens is 1. The monoisotopic (exact) mass is 263 g/mol. The van der Waals surface area contributed by atoms with Gasteiger partial charge in [0.2, 0.25) is 5.88 Å². The van der Waals surface area contributed by atoms with Crippen molar-refractivity contribution < 1.29 is 9.53 Å². The van der Waals surface area contributed by atoms with Crippen LogP contribution in [-0.2, 0) is 0 Å². The first kappa shape index (κ1) is 12.2. The van der Waals surface area contributed by atoms with Gasteiger partial charge in [-0.2, -0.15) is 0 Å². The molecule has 0 unspecified atom stereocenters. The number of hydrogen-bond donors (Lipinski definition) is 2. The highest BCUT2D eigenvalue weighted by molar-refractivity contribution is 6.33. The topological polar surface area (TPSA) is 91.2 Å². The summed E-state index contributed by atoms with van der Waals surface area (Å²) in [6.07, 6.45) is 1.50. The van der Waals surface area contributed by atoms with Crippen molar-refractivity contribution in [2.75, 3.05) is 5.73 Å². The zero-order valence-corrected chi connectivity index (χ0v) is 10.0. The number of primary amides is 1. The normalized spacial score (nSPS) is 10.1. The Bertz CT molecular complexity index is 602. The average Bonchev–Trinajstić information content (AvgIpc) is 2.34. The van der Waals surface area contributed by atoms with Crippen LogP contribution >= 0.6 is 11.6 Å². The van der Waals surface area contributed by atoms with Gasteiger partial charge in [-0.25, -0.2) is 4.98 Å². The average molecular weight is 264 g/mol. The van der Waals surface area contributed by atoms with E-state index in [1.54, 1.807) is 18.2 Å². The number of hydrogen-bond acceptors (Lipinski definition) is 4. The Morgan fingerprint density at radius 1 is 1.33 bits per heavy atom. The van der Waals surface area contributed by atoms with Crippen molar-refractivity contribution >= 4 is 23.2 Å². The third-order valence-electron chi connectivity index (χ3n) is 2.22. The van der Waals surface area contributed by atoms with Crippen molar-refractivity contribution in [3.63, 3.8) is 0 Å². The van der Waals surface area contributed by atoms with E-state index in [0.29, 0.717) is 16.5 Å². The maximum absolute atomic E-state index is 11.2. The highest BCUT2D eigenvalue weighted by Crippen LogP contribution is 2.28. The van der Waals surface area contributed by atoms with Crippen LogP contribution in [0.1, 0.15) is 10.4 Å². The molecule has 1 aromatic heterocycles. The predicted octanol–water partition coefficient (Wildman–Crippen LogP) is 2.21. The number of pyridine rings is 1. The number of nitrogens with two attached hydrogens (primary N) is 2. The fraction of sp³-hybridized carbons (Fsp3) is 0. The van der Waals surface area contributed by atoms with E-state index in [1.165, 1.54) is 18.3 Å². The molecule has 0 saturated heterocycles. The molecule has 18 heavy (non-hydrogen) atoms. The van der Waals surface area contributed by atoms with E-state index in [2.05, 4.69) is 4.98 Å². The highest BCUT2D eigenvalue weighted by Gasteiger charge is 2.11. The summed E-state index contributed by atoms with van der Waals surface area (Å²) in [6, 6.07) is 7.90. The molecular formula is C12H10ClN3O2. The minimum absolute atomic E-state index is 0.130. The van der Waals surface area contributed by atoms with Crippen molar-refractivity contribution in [1.29, 1.82) is 0 Å². The molecule has 1 aromatic carbocycles. The molecule has 4 N–H and O–H groups in total. The zero-order chi connectivity index (χ0) is 13.1. The Morgan fingerprint density at radius 3 is 2.78 bits per heavy atom. The lowest BCUT2D eigenvalue weighted by molar-refractivity contribution is 0.0997. The molecule has 2 aromatic rings. The fourth-order valence-corrected chi connectivity index (χ4v) is 1.51. The van der Waals surface area contributed by atoms with Gasteiger partial charge in [-0.1, -0.05) is 11.6 Å². The van der Waals surface area contributed by atoms with E-state index in [-0.39, 0.29) is 11.4 Å². The number of benzene rings is 1. The lowest BCUT2D eigenvalue weighted by atomic mass is 10.2. The van der Waals surface area contributed by atoms with Crippen LogP contribution in [0, 0.1) is 0 Å². The van der Waals surface area contributed by atoms with Gasteiger partial charge in [0.1, 0.15) is 11.3 Å². The molecule has 0 aliphatic carbocycles. The van der Waals surface area contributed by atoms with Gasteiger partial charge in [0, 0.05) is 12.3 Å². The van der Waals surface area contributed by atoms with Crippen LogP contribution in [-0.4, -0.2) is 10.9 Å². The van der Waals surface area contributed by atoms with Gasteiger partial charge in [0.25, 0.3) is 5.91 Å². The smallest absolute Gasteiger partial charge is 0.254 e. The van der Waals surface area contributed by atoms with E-state index < -0.39 is 5.91 Å². The summed E-state index contributed by atoms with van der Waals surface area (Å²) < 4.78 is 5.45. The van der Waals surface area contributed by atoms with Crippen molar-refractivity contribution in [3.8, 4) is 11.6 Å². The Labute approximate surface area is 108 Å². The van der Waals surface area contributed by atoms with Crippen molar-refractivity contribution in [2.24, 2.45) is 5.73 Å². The van der Waals surface area contributed by atoms with Crippen LogP contribution in [0.4, 0.5) is 5.69 Å². The first-order chi connectivity index (χ1) is 8.58. The highest BCUT2D eigenvalue weighted by atomic mass is 35.5. The second-order valence-electron chi connectivity index (χ2n) is 3.51. The second-order valence-corrected chi connectivity index (χ2v) is 3.91. The van der Waals surface area contributed by atoms with Gasteiger partial charge in [-0.3, -0.25) is 4.79 Å². The molecule has 6 heteroatoms. The standard InChI is InChI=1S/C12H10ClN3O2/c13-9-6-7(3-4-10(9)14)18-12-8(11(15)17)2-1-5-16-12/h1-6H,14H2,(H2,15,17). The summed E-state index contributed by atoms with van der Waals surface area (Å²) in [5.41, 5.74) is 11.4. The van der Waals surface area contributed by atoms with Crippen molar-refractivity contribution in [3.05, 3.63) is 47.1 Å². The van der Waals surface area contributed by atoms with Gasteiger partial charge >= 0.3 is 0 Å². The molecule has 0 radical (unpaired) electrons. The molecule has 0 aliphatic rings. The van der Waals surface area contributed by atoms with Gasteiger partial charge in [-0.15, -0.1) is 0 Å². The summed E-state index contributed by atoms with van der Waals surface area (Å²) >= 11 is 5.87. The molecule has 0 atom stereocenters. The summed E-state index contributed by atoms with van der Waals surface area (Å²) in [4.78, 5) is 15.1. The Kier molecular flexibility index (Phi) is 3.34. The first-order valence-electron chi connectivity index (χ1n) is 5.05. The molecule has 0 saturated carbocycles. The number of amides is 1. The van der Waals surface area contributed by atoms with E-state index >= 15 is 0 Å². The third-order valence-corrected chi connectivity index (χ3v) is 2.55. The van der Waals surface area contributed by atoms with E-state index in [9.17, 15) is 4.79 Å². The molecule has 5 nitrogen and oxygen atoms in total. The van der Waals surface area contributed by atoms with Crippen LogP contribution in [0.3, 0.4) is 0 Å². The van der Waals surface area contributed by atoms with E-state index in [4.69, 9.17) is 27.8 Å². The van der Waals surface area contributed by atoms with Crippen LogP contribution in [0.5, 0.6) is 11.6 Å². The number of nitrogen functional groups attached to an aromatic ring is 1. The van der Waals surface area contributed by atoms with Gasteiger partial charge in [0.15, 0.2) is 0 Å². The van der Waals surface area contributed by atoms with E-state index in [1.807, 2.05) is 0 Å². The lowest BCUT2D eigenvalue weighted by Gasteiger charge is -2.08. The number of ether oxygens (including phenoxy) is 1. The predicted molar refractivity (Wildman–Crippen MR) is 68.7 cm³/mol. The fourth-order valence-electron chi connectivity index (χ4n) is 1.34. The number of carbonyl (C=O) groups excluding carboxylic acids is 1. The summed E-state index contributed by atoms with van der Waals surface area (Å²) in [6.45, 7) is 0. The third kappa shape index (κ3) is 2.52. The number of rotatable bonds is 3. The maximum atomic E-state index is 11.2. The molecule has 0 bridgehead atoms. The van der Waals surface area contributed by atoms with Crippen LogP contribution in [0.15, 0.2) is 36.5 Å². The zero-order valence-electron chi connectivity index (χ0n) is 9.26. The second kappa shape index (κ2) is 4.93. The molecule has 1 amide bonds. The largest absolute Gasteiger partial charge is 0.438 e. The molecule has 0 spiro atoms.